The SMILES string of the molecule is COCC(=O)Nc1cccc(NC(C)C(=O)O)c1. The number of rotatable bonds is 6. The molecule has 98 valence electrons. The van der Waals surface area contributed by atoms with Crippen molar-refractivity contribution in [1.29, 1.82) is 0 Å². The van der Waals surface area contributed by atoms with Crippen LogP contribution in [0.1, 0.15) is 6.92 Å². The first kappa shape index (κ1) is 14.0. The number of carbonyl (C=O) groups is 2. The predicted octanol–water partition coefficient (Wildman–Crippen LogP) is 1.16. The Hall–Kier alpha value is -2.08. The Morgan fingerprint density at radius 2 is 2.06 bits per heavy atom. The molecule has 1 aromatic rings. The molecule has 0 aliphatic rings. The van der Waals surface area contributed by atoms with E-state index in [1.165, 1.54) is 7.11 Å². The molecule has 0 saturated heterocycles. The summed E-state index contributed by atoms with van der Waals surface area (Å²) >= 11 is 0. The normalized spacial score (nSPS) is 11.7. The number of carboxylic acids is 1. The van der Waals surface area contributed by atoms with Crippen LogP contribution in [0.15, 0.2) is 24.3 Å². The van der Waals surface area contributed by atoms with Crippen molar-refractivity contribution in [3.05, 3.63) is 24.3 Å². The van der Waals surface area contributed by atoms with Gasteiger partial charge in [0.1, 0.15) is 12.6 Å². The van der Waals surface area contributed by atoms with E-state index >= 15 is 0 Å². The molecule has 6 nitrogen and oxygen atoms in total. The molecule has 1 rings (SSSR count). The van der Waals surface area contributed by atoms with Crippen LogP contribution in [-0.2, 0) is 14.3 Å². The van der Waals surface area contributed by atoms with Gasteiger partial charge < -0.3 is 20.5 Å². The molecule has 0 radical (unpaired) electrons. The maximum atomic E-state index is 11.3. The maximum absolute atomic E-state index is 11.3. The highest BCUT2D eigenvalue weighted by Crippen LogP contribution is 2.15. The molecule has 1 amide bonds. The lowest BCUT2D eigenvalue weighted by Gasteiger charge is -2.12. The van der Waals surface area contributed by atoms with E-state index in [4.69, 9.17) is 9.84 Å². The number of aliphatic carboxylic acids is 1. The van der Waals surface area contributed by atoms with Crippen molar-refractivity contribution < 1.29 is 19.4 Å². The largest absolute Gasteiger partial charge is 0.480 e. The summed E-state index contributed by atoms with van der Waals surface area (Å²) in [6.07, 6.45) is 0. The standard InChI is InChI=1S/C12H16N2O4/c1-8(12(16)17)13-9-4-3-5-10(6-9)14-11(15)7-18-2/h3-6,8,13H,7H2,1-2H3,(H,14,15)(H,16,17). The van der Waals surface area contributed by atoms with Crippen LogP contribution in [0.4, 0.5) is 11.4 Å². The molecule has 6 heteroatoms. The zero-order chi connectivity index (χ0) is 13.5. The molecular weight excluding hydrogens is 236 g/mol. The number of benzene rings is 1. The molecule has 0 aliphatic carbocycles. The number of amides is 1. The van der Waals surface area contributed by atoms with E-state index in [1.54, 1.807) is 31.2 Å². The van der Waals surface area contributed by atoms with Gasteiger partial charge in [-0.15, -0.1) is 0 Å². The second kappa shape index (κ2) is 6.61. The molecular formula is C12H16N2O4. The number of carbonyl (C=O) groups excluding carboxylic acids is 1. The highest BCUT2D eigenvalue weighted by Gasteiger charge is 2.10. The number of hydrogen-bond acceptors (Lipinski definition) is 4. The number of carboxylic acid groups (broad SMARTS) is 1. The van der Waals surface area contributed by atoms with Crippen LogP contribution in [0.3, 0.4) is 0 Å². The second-order valence-electron chi connectivity index (χ2n) is 3.77. The minimum atomic E-state index is -0.941. The Labute approximate surface area is 105 Å². The maximum Gasteiger partial charge on any atom is 0.325 e. The lowest BCUT2D eigenvalue weighted by atomic mass is 10.2. The summed E-state index contributed by atoms with van der Waals surface area (Å²) in [7, 11) is 1.44. The van der Waals surface area contributed by atoms with Crippen molar-refractivity contribution in [2.24, 2.45) is 0 Å². The zero-order valence-corrected chi connectivity index (χ0v) is 10.3. The molecule has 1 aromatic carbocycles. The van der Waals surface area contributed by atoms with E-state index in [0.717, 1.165) is 0 Å². The fourth-order valence-corrected chi connectivity index (χ4v) is 1.33. The third-order valence-electron chi connectivity index (χ3n) is 2.18. The average molecular weight is 252 g/mol. The van der Waals surface area contributed by atoms with Crippen LogP contribution < -0.4 is 10.6 Å². The van der Waals surface area contributed by atoms with Crippen LogP contribution in [0.25, 0.3) is 0 Å². The van der Waals surface area contributed by atoms with Crippen LogP contribution in [-0.4, -0.2) is 36.7 Å². The molecule has 0 spiro atoms. The summed E-state index contributed by atoms with van der Waals surface area (Å²) in [5.74, 6) is -1.20. The van der Waals surface area contributed by atoms with E-state index < -0.39 is 12.0 Å². The van der Waals surface area contributed by atoms with E-state index in [-0.39, 0.29) is 12.5 Å². The Morgan fingerprint density at radius 1 is 1.39 bits per heavy atom. The van der Waals surface area contributed by atoms with Crippen LogP contribution in [0.5, 0.6) is 0 Å². The molecule has 3 N–H and O–H groups in total. The van der Waals surface area contributed by atoms with E-state index in [0.29, 0.717) is 11.4 Å². The van der Waals surface area contributed by atoms with Gasteiger partial charge >= 0.3 is 5.97 Å². The number of hydrogen-bond donors (Lipinski definition) is 3. The predicted molar refractivity (Wildman–Crippen MR) is 67.7 cm³/mol. The first-order valence-electron chi connectivity index (χ1n) is 5.41. The molecule has 0 saturated carbocycles. The van der Waals surface area contributed by atoms with Crippen LogP contribution in [0.2, 0.25) is 0 Å². The van der Waals surface area contributed by atoms with Gasteiger partial charge in [-0.25, -0.2) is 0 Å². The van der Waals surface area contributed by atoms with Crippen molar-refractivity contribution in [2.45, 2.75) is 13.0 Å². The van der Waals surface area contributed by atoms with Crippen molar-refractivity contribution in [3.63, 3.8) is 0 Å². The van der Waals surface area contributed by atoms with Gasteiger partial charge in [-0.05, 0) is 25.1 Å². The number of methoxy groups -OCH3 is 1. The van der Waals surface area contributed by atoms with Crippen LogP contribution in [0, 0.1) is 0 Å². The van der Waals surface area contributed by atoms with Crippen molar-refractivity contribution in [1.82, 2.24) is 0 Å². The van der Waals surface area contributed by atoms with E-state index in [1.807, 2.05) is 0 Å². The summed E-state index contributed by atoms with van der Waals surface area (Å²) in [6.45, 7) is 1.52. The molecule has 18 heavy (non-hydrogen) atoms. The fourth-order valence-electron chi connectivity index (χ4n) is 1.33. The summed E-state index contributed by atoms with van der Waals surface area (Å²) in [5.41, 5.74) is 1.21. The summed E-state index contributed by atoms with van der Waals surface area (Å²) < 4.78 is 4.70. The first-order chi connectivity index (χ1) is 8.52. The number of anilines is 2. The molecule has 0 heterocycles. The van der Waals surface area contributed by atoms with E-state index in [2.05, 4.69) is 10.6 Å². The monoisotopic (exact) mass is 252 g/mol. The summed E-state index contributed by atoms with van der Waals surface area (Å²) in [6, 6.07) is 6.12. The Morgan fingerprint density at radius 3 is 2.67 bits per heavy atom. The number of nitrogens with one attached hydrogen (secondary N) is 2. The van der Waals surface area contributed by atoms with Crippen molar-refractivity contribution >= 4 is 23.3 Å². The molecule has 0 fully saturated rings. The molecule has 0 aliphatic heterocycles. The summed E-state index contributed by atoms with van der Waals surface area (Å²) in [5, 5.41) is 14.2. The van der Waals surface area contributed by atoms with Crippen molar-refractivity contribution in [3.8, 4) is 0 Å². The zero-order valence-electron chi connectivity index (χ0n) is 10.3. The highest BCUT2D eigenvalue weighted by molar-refractivity contribution is 5.92. The van der Waals surface area contributed by atoms with Gasteiger partial charge in [0.25, 0.3) is 0 Å². The highest BCUT2D eigenvalue weighted by atomic mass is 16.5. The Balaban J connectivity index is 2.67. The number of ether oxygens (including phenoxy) is 1. The van der Waals surface area contributed by atoms with Gasteiger partial charge in [0.15, 0.2) is 0 Å². The van der Waals surface area contributed by atoms with E-state index in [9.17, 15) is 9.59 Å². The topological polar surface area (TPSA) is 87.7 Å². The van der Waals surface area contributed by atoms with Gasteiger partial charge in [0, 0.05) is 18.5 Å². The molecule has 1 atom stereocenters. The summed E-state index contributed by atoms with van der Waals surface area (Å²) in [4.78, 5) is 22.0. The van der Waals surface area contributed by atoms with Crippen molar-refractivity contribution in [2.75, 3.05) is 24.4 Å². The minimum absolute atomic E-state index is 0.0246. The van der Waals surface area contributed by atoms with Gasteiger partial charge in [0.2, 0.25) is 5.91 Å². The minimum Gasteiger partial charge on any atom is -0.480 e. The second-order valence-corrected chi connectivity index (χ2v) is 3.77. The molecule has 0 aromatic heterocycles. The first-order valence-corrected chi connectivity index (χ1v) is 5.41. The Bertz CT molecular complexity index is 434. The smallest absolute Gasteiger partial charge is 0.325 e. The lowest BCUT2D eigenvalue weighted by molar-refractivity contribution is -0.137. The average Bonchev–Trinajstić information content (AvgIpc) is 2.29. The molecule has 1 unspecified atom stereocenters. The Kier molecular flexibility index (Phi) is 5.13. The quantitative estimate of drug-likeness (QED) is 0.707. The van der Waals surface area contributed by atoms with Gasteiger partial charge in [-0.3, -0.25) is 9.59 Å². The van der Waals surface area contributed by atoms with Crippen LogP contribution >= 0.6 is 0 Å². The van der Waals surface area contributed by atoms with Gasteiger partial charge in [0.05, 0.1) is 0 Å². The fraction of sp³-hybridized carbons (Fsp3) is 0.333. The lowest BCUT2D eigenvalue weighted by Crippen LogP contribution is -2.25. The van der Waals surface area contributed by atoms with Gasteiger partial charge in [-0.2, -0.15) is 0 Å². The van der Waals surface area contributed by atoms with Gasteiger partial charge in [-0.1, -0.05) is 6.07 Å². The third-order valence-corrected chi connectivity index (χ3v) is 2.18. The third kappa shape index (κ3) is 4.42. The molecule has 0 bridgehead atoms.